The van der Waals surface area contributed by atoms with Crippen molar-refractivity contribution in [2.45, 2.75) is 50.5 Å². The van der Waals surface area contributed by atoms with E-state index < -0.39 is 11.4 Å². The van der Waals surface area contributed by atoms with Crippen molar-refractivity contribution in [2.24, 2.45) is 0 Å². The topological polar surface area (TPSA) is 106 Å². The molecule has 3 heterocycles. The number of ether oxygens (including phenoxy) is 1. The standard InChI is InChI=1S/C28H21Cl2N3O5S/c1-13-22(25(34)35)31-27(39-13)33-20-8-7-15(11-17(20)28(9-10-28)26(33)36)37-12-16-23(32-38-24(16)14-5-6-14)21-18(29)3-2-4-19(21)30/h2-4,7-8,11,14H,5-6,9-10,12H2,1H3,(H,34,35). The van der Waals surface area contributed by atoms with Crippen LogP contribution in [0.2, 0.25) is 10.0 Å². The maximum atomic E-state index is 13.5. The fraction of sp³-hybridized carbons (Fsp3) is 0.286. The van der Waals surface area contributed by atoms with Gasteiger partial charge in [-0.15, -0.1) is 11.3 Å². The van der Waals surface area contributed by atoms with Gasteiger partial charge in [-0.3, -0.25) is 9.69 Å². The molecule has 198 valence electrons. The Morgan fingerprint density at radius 1 is 1.23 bits per heavy atom. The highest BCUT2D eigenvalue weighted by atomic mass is 35.5. The molecule has 0 radical (unpaired) electrons. The summed E-state index contributed by atoms with van der Waals surface area (Å²) in [6.07, 6.45) is 3.50. The molecule has 1 amide bonds. The lowest BCUT2D eigenvalue weighted by molar-refractivity contribution is -0.119. The molecule has 2 aromatic carbocycles. The van der Waals surface area contributed by atoms with E-state index in [2.05, 4.69) is 10.1 Å². The smallest absolute Gasteiger partial charge is 0.355 e. The van der Waals surface area contributed by atoms with Crippen molar-refractivity contribution in [3.8, 4) is 17.0 Å². The van der Waals surface area contributed by atoms with E-state index >= 15 is 0 Å². The number of carboxylic acid groups (broad SMARTS) is 1. The number of hydrogen-bond acceptors (Lipinski definition) is 7. The lowest BCUT2D eigenvalue weighted by Crippen LogP contribution is -2.27. The Balaban J connectivity index is 1.22. The summed E-state index contributed by atoms with van der Waals surface area (Å²) in [6, 6.07) is 10.9. The summed E-state index contributed by atoms with van der Waals surface area (Å²) >= 11 is 14.2. The number of carboxylic acids is 1. The molecule has 2 fully saturated rings. The second kappa shape index (κ2) is 8.81. The summed E-state index contributed by atoms with van der Waals surface area (Å²) in [5.74, 6) is 0.505. The Labute approximate surface area is 237 Å². The zero-order valence-corrected chi connectivity index (χ0v) is 23.0. The van der Waals surface area contributed by atoms with Crippen LogP contribution >= 0.6 is 34.5 Å². The number of halogens is 2. The number of anilines is 2. The maximum Gasteiger partial charge on any atom is 0.355 e. The first-order chi connectivity index (χ1) is 18.8. The molecule has 0 saturated heterocycles. The normalized spacial score (nSPS) is 17.1. The van der Waals surface area contributed by atoms with Crippen LogP contribution in [0.5, 0.6) is 5.75 Å². The number of amides is 1. The molecule has 2 aromatic heterocycles. The minimum absolute atomic E-state index is 0.0318. The Bertz CT molecular complexity index is 1670. The molecule has 11 heteroatoms. The van der Waals surface area contributed by atoms with E-state index in [1.165, 1.54) is 11.3 Å². The molecule has 3 aliphatic rings. The van der Waals surface area contributed by atoms with Gasteiger partial charge in [-0.05, 0) is 68.5 Å². The second-order valence-electron chi connectivity index (χ2n) is 10.1. The predicted molar refractivity (Wildman–Crippen MR) is 147 cm³/mol. The highest BCUT2D eigenvalue weighted by Crippen LogP contribution is 2.60. The lowest BCUT2D eigenvalue weighted by atomic mass is 9.98. The van der Waals surface area contributed by atoms with Crippen LogP contribution in [0.4, 0.5) is 10.8 Å². The molecule has 2 aliphatic carbocycles. The van der Waals surface area contributed by atoms with Crippen LogP contribution in [0.15, 0.2) is 40.9 Å². The lowest BCUT2D eigenvalue weighted by Gasteiger charge is -2.14. The molecule has 1 aliphatic heterocycles. The summed E-state index contributed by atoms with van der Waals surface area (Å²) < 4.78 is 12.0. The van der Waals surface area contributed by atoms with Crippen molar-refractivity contribution < 1.29 is 24.0 Å². The van der Waals surface area contributed by atoms with Crippen molar-refractivity contribution >= 4 is 57.2 Å². The molecule has 0 unspecified atom stereocenters. The first-order valence-corrected chi connectivity index (χ1v) is 14.1. The quantitative estimate of drug-likeness (QED) is 0.244. The number of fused-ring (bicyclic) bond motifs is 2. The average molecular weight is 582 g/mol. The molecule has 1 spiro atoms. The van der Waals surface area contributed by atoms with Crippen LogP contribution in [-0.2, 0) is 16.8 Å². The molecule has 7 rings (SSSR count). The molecule has 39 heavy (non-hydrogen) atoms. The molecule has 0 bridgehead atoms. The number of aromatic nitrogens is 2. The number of nitrogens with zero attached hydrogens (tertiary/aromatic N) is 3. The van der Waals surface area contributed by atoms with E-state index in [1.807, 2.05) is 18.2 Å². The zero-order valence-electron chi connectivity index (χ0n) is 20.7. The Hall–Kier alpha value is -3.40. The fourth-order valence-corrected chi connectivity index (χ4v) is 6.79. The summed E-state index contributed by atoms with van der Waals surface area (Å²) in [5.41, 5.74) is 2.93. The number of carbonyl (C=O) groups excluding carboxylic acids is 1. The first kappa shape index (κ1) is 24.6. The first-order valence-electron chi connectivity index (χ1n) is 12.5. The van der Waals surface area contributed by atoms with Gasteiger partial charge >= 0.3 is 5.97 Å². The van der Waals surface area contributed by atoms with Crippen molar-refractivity contribution in [3.63, 3.8) is 0 Å². The fourth-order valence-electron chi connectivity index (χ4n) is 5.30. The van der Waals surface area contributed by atoms with E-state index in [0.29, 0.717) is 48.7 Å². The van der Waals surface area contributed by atoms with E-state index in [0.717, 1.165) is 42.6 Å². The number of aromatic carboxylic acids is 1. The number of benzene rings is 2. The van der Waals surface area contributed by atoms with Gasteiger partial charge in [-0.25, -0.2) is 9.78 Å². The summed E-state index contributed by atoms with van der Waals surface area (Å²) in [4.78, 5) is 31.5. The van der Waals surface area contributed by atoms with Gasteiger partial charge in [0.2, 0.25) is 5.91 Å². The monoisotopic (exact) mass is 581 g/mol. The van der Waals surface area contributed by atoms with Gasteiger partial charge in [0.1, 0.15) is 23.8 Å². The van der Waals surface area contributed by atoms with Crippen LogP contribution in [0.25, 0.3) is 11.3 Å². The molecular formula is C28H21Cl2N3O5S. The van der Waals surface area contributed by atoms with Crippen LogP contribution in [-0.4, -0.2) is 27.1 Å². The third kappa shape index (κ3) is 3.86. The highest BCUT2D eigenvalue weighted by molar-refractivity contribution is 7.16. The van der Waals surface area contributed by atoms with E-state index in [4.69, 9.17) is 32.5 Å². The van der Waals surface area contributed by atoms with Crippen molar-refractivity contribution in [2.75, 3.05) is 4.90 Å². The maximum absolute atomic E-state index is 13.5. The number of thiazole rings is 1. The molecular weight excluding hydrogens is 561 g/mol. The zero-order chi connectivity index (χ0) is 27.1. The van der Waals surface area contributed by atoms with Crippen molar-refractivity contribution in [3.05, 3.63) is 73.9 Å². The third-order valence-corrected chi connectivity index (χ3v) is 9.20. The Kier molecular flexibility index (Phi) is 5.56. The summed E-state index contributed by atoms with van der Waals surface area (Å²) in [6.45, 7) is 1.89. The van der Waals surface area contributed by atoms with Gasteiger partial charge in [-0.2, -0.15) is 0 Å². The number of hydrogen-bond donors (Lipinski definition) is 1. The van der Waals surface area contributed by atoms with Gasteiger partial charge in [-0.1, -0.05) is 34.4 Å². The highest BCUT2D eigenvalue weighted by Gasteiger charge is 2.60. The van der Waals surface area contributed by atoms with Gasteiger partial charge < -0.3 is 14.4 Å². The number of carbonyl (C=O) groups is 2. The molecule has 0 atom stereocenters. The van der Waals surface area contributed by atoms with Crippen molar-refractivity contribution in [1.29, 1.82) is 0 Å². The molecule has 4 aromatic rings. The Morgan fingerprint density at radius 2 is 1.97 bits per heavy atom. The Morgan fingerprint density at radius 3 is 2.62 bits per heavy atom. The van der Waals surface area contributed by atoms with Gasteiger partial charge in [0.05, 0.1) is 26.7 Å². The van der Waals surface area contributed by atoms with Crippen LogP contribution in [0.1, 0.15) is 63.9 Å². The van der Waals surface area contributed by atoms with Gasteiger partial charge in [0, 0.05) is 16.4 Å². The number of aryl methyl sites for hydroxylation is 1. The van der Waals surface area contributed by atoms with Crippen molar-refractivity contribution in [1.82, 2.24) is 10.1 Å². The van der Waals surface area contributed by atoms with Crippen LogP contribution in [0, 0.1) is 6.92 Å². The van der Waals surface area contributed by atoms with Crippen LogP contribution < -0.4 is 9.64 Å². The summed E-state index contributed by atoms with van der Waals surface area (Å²) in [7, 11) is 0. The van der Waals surface area contributed by atoms with E-state index in [9.17, 15) is 14.7 Å². The third-order valence-electron chi connectivity index (χ3n) is 7.62. The minimum Gasteiger partial charge on any atom is -0.489 e. The van der Waals surface area contributed by atoms with Gasteiger partial charge in [0.15, 0.2) is 10.8 Å². The van der Waals surface area contributed by atoms with Gasteiger partial charge in [0.25, 0.3) is 0 Å². The number of rotatable bonds is 7. The SMILES string of the molecule is Cc1sc(N2C(=O)C3(CC3)c3cc(OCc4c(-c5c(Cl)cccc5Cl)noc4C4CC4)ccc32)nc1C(=O)O. The molecule has 1 N–H and O–H groups in total. The van der Waals surface area contributed by atoms with E-state index in [1.54, 1.807) is 30.0 Å². The largest absolute Gasteiger partial charge is 0.489 e. The van der Waals surface area contributed by atoms with E-state index in [-0.39, 0.29) is 18.2 Å². The van der Waals surface area contributed by atoms with Crippen LogP contribution in [0.3, 0.4) is 0 Å². The molecule has 8 nitrogen and oxygen atoms in total. The summed E-state index contributed by atoms with van der Waals surface area (Å²) in [5, 5.41) is 15.1. The molecule has 2 saturated carbocycles. The minimum atomic E-state index is -1.11. The predicted octanol–water partition coefficient (Wildman–Crippen LogP) is 7.28. The second-order valence-corrected chi connectivity index (χ2v) is 12.1. The average Bonchev–Trinajstić information content (AvgIpc) is 3.81.